The first-order valence-electron chi connectivity index (χ1n) is 12.2. The Kier molecular flexibility index (Phi) is 7.27. The number of aromatic carboxylic acids is 1. The number of carboxylic acids is 1. The number of carboxylic acid groups (broad SMARTS) is 1. The minimum Gasteiger partial charge on any atom is -0.478 e. The highest BCUT2D eigenvalue weighted by molar-refractivity contribution is 6.49. The Hall–Kier alpha value is -5.08. The molecule has 2 atom stereocenters. The van der Waals surface area contributed by atoms with E-state index >= 15 is 0 Å². The van der Waals surface area contributed by atoms with Gasteiger partial charge in [-0.1, -0.05) is 66.2 Å². The van der Waals surface area contributed by atoms with Crippen LogP contribution in [0.5, 0.6) is 0 Å². The number of amides is 2. The standard InChI is InChI=1S/C31H21ClN2O6/c32-20-15-13-18(14-16-20)26-25(28(36)30(38)34(26)22-9-2-1-3-10-22)27(35)19-7-6-8-21(17-19)33-29(37)23-11-4-5-12-24(23)31(39)40/h1-17,25-26H,(H,33,37)(H,39,40). The number of nitrogens with one attached hydrogen (secondary N) is 1. The van der Waals surface area contributed by atoms with Crippen molar-refractivity contribution in [3.05, 3.63) is 130 Å². The van der Waals surface area contributed by atoms with Crippen molar-refractivity contribution >= 4 is 52.3 Å². The molecule has 198 valence electrons. The predicted octanol–water partition coefficient (Wildman–Crippen LogP) is 5.45. The number of anilines is 2. The number of nitrogens with zero attached hydrogens (tertiary/aromatic N) is 1. The van der Waals surface area contributed by atoms with Gasteiger partial charge in [-0.25, -0.2) is 4.79 Å². The fourth-order valence-electron chi connectivity index (χ4n) is 4.80. The van der Waals surface area contributed by atoms with E-state index in [4.69, 9.17) is 11.6 Å². The molecule has 1 aliphatic rings. The van der Waals surface area contributed by atoms with E-state index in [2.05, 4.69) is 5.32 Å². The van der Waals surface area contributed by atoms with Crippen LogP contribution in [0.2, 0.25) is 5.02 Å². The molecule has 1 fully saturated rings. The quantitative estimate of drug-likeness (QED) is 0.179. The Morgan fingerprint density at radius 3 is 2.10 bits per heavy atom. The van der Waals surface area contributed by atoms with Gasteiger partial charge in [-0.3, -0.25) is 24.1 Å². The van der Waals surface area contributed by atoms with Crippen LogP contribution in [0.1, 0.15) is 42.7 Å². The Morgan fingerprint density at radius 1 is 0.775 bits per heavy atom. The van der Waals surface area contributed by atoms with Crippen molar-refractivity contribution < 1.29 is 29.1 Å². The fourth-order valence-corrected chi connectivity index (χ4v) is 4.92. The van der Waals surface area contributed by atoms with E-state index in [-0.39, 0.29) is 22.4 Å². The summed E-state index contributed by atoms with van der Waals surface area (Å²) in [6, 6.07) is 26.0. The van der Waals surface area contributed by atoms with E-state index in [1.807, 2.05) is 0 Å². The molecular weight excluding hydrogens is 532 g/mol. The van der Waals surface area contributed by atoms with Gasteiger partial charge in [0, 0.05) is 22.0 Å². The van der Waals surface area contributed by atoms with Crippen LogP contribution < -0.4 is 10.2 Å². The lowest BCUT2D eigenvalue weighted by Crippen LogP contribution is -2.30. The van der Waals surface area contributed by atoms with E-state index in [9.17, 15) is 29.1 Å². The monoisotopic (exact) mass is 552 g/mol. The zero-order valence-electron chi connectivity index (χ0n) is 20.8. The molecule has 2 unspecified atom stereocenters. The third-order valence-electron chi connectivity index (χ3n) is 6.64. The fraction of sp³-hybridized carbons (Fsp3) is 0.0645. The molecule has 4 aromatic rings. The maximum Gasteiger partial charge on any atom is 0.336 e. The lowest BCUT2D eigenvalue weighted by Gasteiger charge is -2.27. The van der Waals surface area contributed by atoms with E-state index < -0.39 is 41.3 Å². The first-order chi connectivity index (χ1) is 19.3. The van der Waals surface area contributed by atoms with E-state index in [1.54, 1.807) is 60.7 Å². The van der Waals surface area contributed by atoms with Gasteiger partial charge in [-0.05, 0) is 54.1 Å². The number of carbonyl (C=O) groups is 5. The van der Waals surface area contributed by atoms with Gasteiger partial charge >= 0.3 is 5.97 Å². The van der Waals surface area contributed by atoms with Gasteiger partial charge in [0.1, 0.15) is 5.92 Å². The molecular formula is C31H21ClN2O6. The number of hydrogen-bond donors (Lipinski definition) is 2. The normalized spacial score (nSPS) is 16.6. The number of rotatable bonds is 7. The minimum absolute atomic E-state index is 0.0513. The number of carbonyl (C=O) groups excluding carboxylic acids is 4. The summed E-state index contributed by atoms with van der Waals surface area (Å²) < 4.78 is 0. The van der Waals surface area contributed by atoms with Crippen molar-refractivity contribution in [1.82, 2.24) is 0 Å². The summed E-state index contributed by atoms with van der Waals surface area (Å²) >= 11 is 6.07. The first kappa shape index (κ1) is 26.5. The molecule has 0 aliphatic carbocycles. The largest absolute Gasteiger partial charge is 0.478 e. The minimum atomic E-state index is -1.35. The molecule has 2 N–H and O–H groups in total. The molecule has 9 heteroatoms. The Bertz CT molecular complexity index is 1650. The Balaban J connectivity index is 1.50. The van der Waals surface area contributed by atoms with E-state index in [1.165, 1.54) is 47.4 Å². The van der Waals surface area contributed by atoms with Crippen LogP contribution in [0.15, 0.2) is 103 Å². The number of hydrogen-bond acceptors (Lipinski definition) is 5. The molecule has 1 heterocycles. The van der Waals surface area contributed by atoms with Crippen LogP contribution in [-0.4, -0.2) is 34.5 Å². The maximum absolute atomic E-state index is 13.9. The predicted molar refractivity (Wildman–Crippen MR) is 149 cm³/mol. The average molecular weight is 553 g/mol. The van der Waals surface area contributed by atoms with Gasteiger partial charge in [0.2, 0.25) is 5.78 Å². The number of Topliss-reactive ketones (excluding diaryl/α,β-unsaturated/α-hetero) is 2. The number of para-hydroxylation sites is 1. The highest BCUT2D eigenvalue weighted by atomic mass is 35.5. The molecule has 40 heavy (non-hydrogen) atoms. The average Bonchev–Trinajstić information content (AvgIpc) is 3.23. The number of halogens is 1. The second-order valence-electron chi connectivity index (χ2n) is 9.10. The third kappa shape index (κ3) is 5.00. The summed E-state index contributed by atoms with van der Waals surface area (Å²) in [4.78, 5) is 66.2. The zero-order chi connectivity index (χ0) is 28.4. The summed E-state index contributed by atoms with van der Waals surface area (Å²) in [5, 5.41) is 12.5. The highest BCUT2D eigenvalue weighted by Crippen LogP contribution is 2.41. The zero-order valence-corrected chi connectivity index (χ0v) is 21.5. The number of benzene rings is 4. The molecule has 0 bridgehead atoms. The molecule has 5 rings (SSSR count). The summed E-state index contributed by atoms with van der Waals surface area (Å²) in [5.41, 5.74) is 1.12. The van der Waals surface area contributed by atoms with Crippen molar-refractivity contribution in [3.8, 4) is 0 Å². The Morgan fingerprint density at radius 2 is 1.43 bits per heavy atom. The topological polar surface area (TPSA) is 121 Å². The molecule has 2 amide bonds. The van der Waals surface area contributed by atoms with Crippen molar-refractivity contribution in [2.45, 2.75) is 6.04 Å². The summed E-state index contributed by atoms with van der Waals surface area (Å²) in [7, 11) is 0. The van der Waals surface area contributed by atoms with Gasteiger partial charge in [0.05, 0.1) is 17.2 Å². The van der Waals surface area contributed by atoms with Crippen LogP contribution >= 0.6 is 11.6 Å². The summed E-state index contributed by atoms with van der Waals surface area (Å²) in [6.07, 6.45) is 0. The van der Waals surface area contributed by atoms with Crippen molar-refractivity contribution in [1.29, 1.82) is 0 Å². The van der Waals surface area contributed by atoms with E-state index in [0.717, 1.165) is 0 Å². The van der Waals surface area contributed by atoms with Crippen LogP contribution in [-0.2, 0) is 9.59 Å². The van der Waals surface area contributed by atoms with Crippen molar-refractivity contribution in [3.63, 3.8) is 0 Å². The second kappa shape index (κ2) is 11.0. The van der Waals surface area contributed by atoms with Gasteiger partial charge in [-0.15, -0.1) is 0 Å². The van der Waals surface area contributed by atoms with Crippen LogP contribution in [0, 0.1) is 5.92 Å². The number of ketones is 2. The molecule has 0 spiro atoms. The molecule has 1 saturated heterocycles. The van der Waals surface area contributed by atoms with Gasteiger partial charge in [0.25, 0.3) is 11.8 Å². The molecule has 0 saturated carbocycles. The summed E-state index contributed by atoms with van der Waals surface area (Å²) in [6.45, 7) is 0. The molecule has 4 aromatic carbocycles. The Labute approximate surface area is 233 Å². The molecule has 0 radical (unpaired) electrons. The third-order valence-corrected chi connectivity index (χ3v) is 6.89. The van der Waals surface area contributed by atoms with Crippen molar-refractivity contribution in [2.75, 3.05) is 10.2 Å². The maximum atomic E-state index is 13.9. The smallest absolute Gasteiger partial charge is 0.336 e. The van der Waals surface area contributed by atoms with Gasteiger partial charge < -0.3 is 10.4 Å². The van der Waals surface area contributed by atoms with Crippen molar-refractivity contribution in [2.24, 2.45) is 5.92 Å². The lowest BCUT2D eigenvalue weighted by molar-refractivity contribution is -0.135. The summed E-state index contributed by atoms with van der Waals surface area (Å²) in [5.74, 6) is -5.54. The first-order valence-corrected chi connectivity index (χ1v) is 12.6. The van der Waals surface area contributed by atoms with Crippen LogP contribution in [0.25, 0.3) is 0 Å². The lowest BCUT2D eigenvalue weighted by atomic mass is 9.86. The van der Waals surface area contributed by atoms with E-state index in [0.29, 0.717) is 16.3 Å². The van der Waals surface area contributed by atoms with Crippen LogP contribution in [0.3, 0.4) is 0 Å². The molecule has 1 aliphatic heterocycles. The highest BCUT2D eigenvalue weighted by Gasteiger charge is 2.52. The van der Waals surface area contributed by atoms with Crippen LogP contribution in [0.4, 0.5) is 11.4 Å². The molecule has 0 aromatic heterocycles. The molecule has 8 nitrogen and oxygen atoms in total. The SMILES string of the molecule is O=C(O)c1ccccc1C(=O)Nc1cccc(C(=O)C2C(=O)C(=O)N(c3ccccc3)C2c2ccc(Cl)cc2)c1. The second-order valence-corrected chi connectivity index (χ2v) is 9.54. The van der Waals surface area contributed by atoms with Gasteiger partial charge in [-0.2, -0.15) is 0 Å². The van der Waals surface area contributed by atoms with Gasteiger partial charge in [0.15, 0.2) is 5.78 Å².